The molecule has 0 saturated heterocycles. The van der Waals surface area contributed by atoms with E-state index in [1.54, 1.807) is 12.1 Å². The Kier molecular flexibility index (Phi) is 3.16. The van der Waals surface area contributed by atoms with Crippen molar-refractivity contribution in [2.75, 3.05) is 5.73 Å². The fraction of sp³-hybridized carbons (Fsp3) is 0.0667. The summed E-state index contributed by atoms with van der Waals surface area (Å²) < 4.78 is 1.96. The number of para-hydroxylation sites is 1. The van der Waals surface area contributed by atoms with Gasteiger partial charge in [-0.25, -0.2) is 0 Å². The maximum absolute atomic E-state index is 6.26. The molecule has 4 nitrogen and oxygen atoms in total. The first-order valence-corrected chi connectivity index (χ1v) is 6.57. The molecule has 0 unspecified atom stereocenters. The summed E-state index contributed by atoms with van der Waals surface area (Å²) in [7, 11) is 0. The number of hydrogen-bond donors (Lipinski definition) is 1. The normalized spacial score (nSPS) is 10.7. The van der Waals surface area contributed by atoms with Gasteiger partial charge >= 0.3 is 0 Å². The second-order valence-corrected chi connectivity index (χ2v) is 4.89. The molecule has 100 valence electrons. The van der Waals surface area contributed by atoms with Crippen molar-refractivity contribution in [3.8, 4) is 17.1 Å². The lowest BCUT2D eigenvalue weighted by atomic mass is 10.2. The van der Waals surface area contributed by atoms with Gasteiger partial charge in [-0.05, 0) is 37.3 Å². The van der Waals surface area contributed by atoms with Crippen LogP contribution in [-0.4, -0.2) is 14.8 Å². The van der Waals surface area contributed by atoms with Gasteiger partial charge in [-0.15, -0.1) is 10.2 Å². The Bertz CT molecular complexity index is 750. The minimum absolute atomic E-state index is 0.601. The molecule has 1 aromatic heterocycles. The second kappa shape index (κ2) is 4.98. The Hall–Kier alpha value is -2.33. The molecule has 0 spiro atoms. The van der Waals surface area contributed by atoms with Crippen molar-refractivity contribution in [3.05, 3.63) is 59.4 Å². The number of nitrogens with two attached hydrogens (primary N) is 1. The molecule has 0 aliphatic rings. The molecule has 2 aromatic carbocycles. The number of halogens is 1. The highest BCUT2D eigenvalue weighted by molar-refractivity contribution is 6.33. The Morgan fingerprint density at radius 2 is 1.80 bits per heavy atom. The molecular weight excluding hydrogens is 272 g/mol. The van der Waals surface area contributed by atoms with Crippen LogP contribution in [0.25, 0.3) is 17.1 Å². The first-order valence-electron chi connectivity index (χ1n) is 6.19. The highest BCUT2D eigenvalue weighted by Gasteiger charge is 2.15. The molecular formula is C15H13ClN4. The summed E-state index contributed by atoms with van der Waals surface area (Å²) in [6.45, 7) is 1.91. The van der Waals surface area contributed by atoms with Gasteiger partial charge in [0.25, 0.3) is 0 Å². The van der Waals surface area contributed by atoms with Crippen LogP contribution < -0.4 is 5.73 Å². The summed E-state index contributed by atoms with van der Waals surface area (Å²) in [4.78, 5) is 0. The molecule has 3 rings (SSSR count). The molecule has 0 aliphatic carbocycles. The molecule has 20 heavy (non-hydrogen) atoms. The molecule has 0 amide bonds. The van der Waals surface area contributed by atoms with E-state index in [2.05, 4.69) is 10.2 Å². The van der Waals surface area contributed by atoms with Crippen molar-refractivity contribution in [2.24, 2.45) is 0 Å². The second-order valence-electron chi connectivity index (χ2n) is 4.48. The zero-order valence-electron chi connectivity index (χ0n) is 10.9. The van der Waals surface area contributed by atoms with E-state index < -0.39 is 0 Å². The van der Waals surface area contributed by atoms with E-state index in [4.69, 9.17) is 17.3 Å². The van der Waals surface area contributed by atoms with Gasteiger partial charge in [0.1, 0.15) is 5.82 Å². The third-order valence-corrected chi connectivity index (χ3v) is 3.40. The van der Waals surface area contributed by atoms with Gasteiger partial charge in [0.05, 0.1) is 5.02 Å². The average molecular weight is 285 g/mol. The predicted octanol–water partition coefficient (Wildman–Crippen LogP) is 3.48. The van der Waals surface area contributed by atoms with Crippen LogP contribution >= 0.6 is 11.6 Å². The summed E-state index contributed by atoms with van der Waals surface area (Å²) in [5.74, 6) is 1.48. The van der Waals surface area contributed by atoms with Gasteiger partial charge in [-0.3, -0.25) is 4.57 Å². The monoisotopic (exact) mass is 284 g/mol. The van der Waals surface area contributed by atoms with Crippen LogP contribution in [0.2, 0.25) is 5.02 Å². The van der Waals surface area contributed by atoms with Gasteiger partial charge in [0.15, 0.2) is 5.82 Å². The van der Waals surface area contributed by atoms with Gasteiger partial charge in [0.2, 0.25) is 0 Å². The zero-order chi connectivity index (χ0) is 14.1. The molecule has 3 aromatic rings. The number of aryl methyl sites for hydroxylation is 1. The number of hydrogen-bond acceptors (Lipinski definition) is 3. The molecule has 0 fully saturated rings. The summed E-state index contributed by atoms with van der Waals surface area (Å²) in [6.07, 6.45) is 0. The molecule has 0 atom stereocenters. The van der Waals surface area contributed by atoms with Gasteiger partial charge in [-0.1, -0.05) is 29.8 Å². The Balaban J connectivity index is 2.24. The standard InChI is InChI=1S/C15H13ClN4/c1-10-18-19-15(13-9-11(17)7-8-14(13)16)20(10)12-5-3-2-4-6-12/h2-9H,17H2,1H3. The van der Waals surface area contributed by atoms with Crippen LogP contribution in [0.15, 0.2) is 48.5 Å². The van der Waals surface area contributed by atoms with Gasteiger partial charge in [0, 0.05) is 16.9 Å². The highest BCUT2D eigenvalue weighted by atomic mass is 35.5. The summed E-state index contributed by atoms with van der Waals surface area (Å²) >= 11 is 6.26. The average Bonchev–Trinajstić information content (AvgIpc) is 2.84. The summed E-state index contributed by atoms with van der Waals surface area (Å²) in [6, 6.07) is 15.3. The van der Waals surface area contributed by atoms with Crippen molar-refractivity contribution in [2.45, 2.75) is 6.92 Å². The smallest absolute Gasteiger partial charge is 0.170 e. The fourth-order valence-corrected chi connectivity index (χ4v) is 2.34. The van der Waals surface area contributed by atoms with Crippen molar-refractivity contribution in [1.82, 2.24) is 14.8 Å². The first-order chi connectivity index (χ1) is 9.66. The van der Waals surface area contributed by atoms with Crippen LogP contribution in [0, 0.1) is 6.92 Å². The number of anilines is 1. The molecule has 1 heterocycles. The minimum atomic E-state index is 0.601. The lowest BCUT2D eigenvalue weighted by molar-refractivity contribution is 0.972. The summed E-state index contributed by atoms with van der Waals surface area (Å²) in [5.41, 5.74) is 8.25. The topological polar surface area (TPSA) is 56.7 Å². The third-order valence-electron chi connectivity index (χ3n) is 3.07. The van der Waals surface area contributed by atoms with Crippen LogP contribution in [0.3, 0.4) is 0 Å². The van der Waals surface area contributed by atoms with E-state index in [-0.39, 0.29) is 0 Å². The van der Waals surface area contributed by atoms with Gasteiger partial charge < -0.3 is 5.73 Å². The lowest BCUT2D eigenvalue weighted by Gasteiger charge is -2.10. The number of nitrogen functional groups attached to an aromatic ring is 1. The van der Waals surface area contributed by atoms with Crippen LogP contribution in [0.4, 0.5) is 5.69 Å². The van der Waals surface area contributed by atoms with Crippen molar-refractivity contribution in [3.63, 3.8) is 0 Å². The van der Waals surface area contributed by atoms with E-state index >= 15 is 0 Å². The van der Waals surface area contributed by atoms with E-state index in [1.165, 1.54) is 0 Å². The maximum atomic E-state index is 6.26. The minimum Gasteiger partial charge on any atom is -0.399 e. The zero-order valence-corrected chi connectivity index (χ0v) is 11.7. The van der Waals surface area contributed by atoms with Crippen molar-refractivity contribution >= 4 is 17.3 Å². The molecule has 2 N–H and O–H groups in total. The summed E-state index contributed by atoms with van der Waals surface area (Å²) in [5, 5.41) is 8.99. The van der Waals surface area contributed by atoms with Crippen LogP contribution in [0.5, 0.6) is 0 Å². The first kappa shape index (κ1) is 12.7. The van der Waals surface area contributed by atoms with Crippen molar-refractivity contribution in [1.29, 1.82) is 0 Å². The highest BCUT2D eigenvalue weighted by Crippen LogP contribution is 2.30. The molecule has 0 aliphatic heterocycles. The van der Waals surface area contributed by atoms with E-state index in [0.29, 0.717) is 16.5 Å². The third kappa shape index (κ3) is 2.14. The predicted molar refractivity (Wildman–Crippen MR) is 81.0 cm³/mol. The Morgan fingerprint density at radius 3 is 2.55 bits per heavy atom. The van der Waals surface area contributed by atoms with E-state index in [1.807, 2.05) is 47.9 Å². The largest absolute Gasteiger partial charge is 0.399 e. The quantitative estimate of drug-likeness (QED) is 0.733. The Labute approximate surface area is 121 Å². The number of nitrogens with zero attached hydrogens (tertiary/aromatic N) is 3. The Morgan fingerprint density at radius 1 is 1.05 bits per heavy atom. The van der Waals surface area contributed by atoms with Crippen molar-refractivity contribution < 1.29 is 0 Å². The van der Waals surface area contributed by atoms with Crippen LogP contribution in [-0.2, 0) is 0 Å². The van der Waals surface area contributed by atoms with E-state index in [0.717, 1.165) is 17.1 Å². The van der Waals surface area contributed by atoms with Crippen LogP contribution in [0.1, 0.15) is 5.82 Å². The van der Waals surface area contributed by atoms with Gasteiger partial charge in [-0.2, -0.15) is 0 Å². The number of aromatic nitrogens is 3. The fourth-order valence-electron chi connectivity index (χ4n) is 2.14. The molecule has 0 radical (unpaired) electrons. The number of rotatable bonds is 2. The number of benzene rings is 2. The lowest BCUT2D eigenvalue weighted by Crippen LogP contribution is -2.00. The molecule has 5 heteroatoms. The van der Waals surface area contributed by atoms with E-state index in [9.17, 15) is 0 Å². The maximum Gasteiger partial charge on any atom is 0.170 e. The molecule has 0 bridgehead atoms. The SMILES string of the molecule is Cc1nnc(-c2cc(N)ccc2Cl)n1-c1ccccc1. The molecule has 0 saturated carbocycles.